The Balaban J connectivity index is 1.27. The van der Waals surface area contributed by atoms with Crippen molar-refractivity contribution in [2.75, 3.05) is 38.8 Å². The van der Waals surface area contributed by atoms with Crippen molar-refractivity contribution in [2.45, 2.75) is 46.5 Å². The number of carbonyl (C=O) groups excluding carboxylic acids is 2. The second kappa shape index (κ2) is 13.4. The van der Waals surface area contributed by atoms with E-state index in [1.165, 1.54) is 31.3 Å². The summed E-state index contributed by atoms with van der Waals surface area (Å²) >= 11 is 0. The summed E-state index contributed by atoms with van der Waals surface area (Å²) in [5, 5.41) is 0.289. The summed E-state index contributed by atoms with van der Waals surface area (Å²) in [6.45, 7) is 7.37. The first-order valence-corrected chi connectivity index (χ1v) is 16.2. The Morgan fingerprint density at radius 1 is 0.960 bits per heavy atom. The molecule has 12 heteroatoms. The van der Waals surface area contributed by atoms with Crippen LogP contribution in [0.2, 0.25) is 0 Å². The summed E-state index contributed by atoms with van der Waals surface area (Å²) in [5.41, 5.74) is 2.81. The molecular formula is C38H38F4N4O4. The highest BCUT2D eigenvalue weighted by atomic mass is 19.4. The van der Waals surface area contributed by atoms with Gasteiger partial charge in [-0.05, 0) is 60.0 Å². The van der Waals surface area contributed by atoms with Gasteiger partial charge in [0.1, 0.15) is 17.3 Å². The van der Waals surface area contributed by atoms with Crippen molar-refractivity contribution >= 4 is 34.1 Å². The molecule has 0 spiro atoms. The van der Waals surface area contributed by atoms with E-state index in [1.807, 2.05) is 19.9 Å². The van der Waals surface area contributed by atoms with Gasteiger partial charge in [-0.2, -0.15) is 13.2 Å². The number of carbonyl (C=O) groups is 2. The van der Waals surface area contributed by atoms with E-state index in [1.54, 1.807) is 43.5 Å². The molecule has 0 atom stereocenters. The van der Waals surface area contributed by atoms with E-state index in [4.69, 9.17) is 9.47 Å². The Morgan fingerprint density at radius 2 is 1.70 bits per heavy atom. The SMILES string of the molecule is COc1ccc(CN2C(=O)CCN(c3cnc4ccc(C5=CCN(Cc6ccc(C(F)(F)F)cc6)CC5(C)C)c(F)c4c3C)C2=O)c(OC)c1. The Morgan fingerprint density at radius 3 is 2.36 bits per heavy atom. The number of urea groups is 1. The van der Waals surface area contributed by atoms with Gasteiger partial charge in [0.25, 0.3) is 0 Å². The van der Waals surface area contributed by atoms with Gasteiger partial charge >= 0.3 is 12.2 Å². The third kappa shape index (κ3) is 6.64. The van der Waals surface area contributed by atoms with Crippen LogP contribution in [-0.2, 0) is 24.1 Å². The predicted octanol–water partition coefficient (Wildman–Crippen LogP) is 8.00. The molecule has 0 aliphatic carbocycles. The van der Waals surface area contributed by atoms with Crippen molar-refractivity contribution < 1.29 is 36.6 Å². The van der Waals surface area contributed by atoms with Gasteiger partial charge < -0.3 is 9.47 Å². The predicted molar refractivity (Wildman–Crippen MR) is 182 cm³/mol. The summed E-state index contributed by atoms with van der Waals surface area (Å²) in [4.78, 5) is 36.1. The smallest absolute Gasteiger partial charge is 0.416 e. The highest BCUT2D eigenvalue weighted by Gasteiger charge is 2.36. The molecule has 6 rings (SSSR count). The highest BCUT2D eigenvalue weighted by Crippen LogP contribution is 2.42. The van der Waals surface area contributed by atoms with Gasteiger partial charge in [-0.3, -0.25) is 24.5 Å². The zero-order valence-electron chi connectivity index (χ0n) is 28.5. The van der Waals surface area contributed by atoms with Crippen LogP contribution in [0.3, 0.4) is 0 Å². The lowest BCUT2D eigenvalue weighted by atomic mass is 9.77. The molecule has 4 aromatic rings. The maximum absolute atomic E-state index is 16.7. The third-order valence-corrected chi connectivity index (χ3v) is 9.51. The average Bonchev–Trinajstić information content (AvgIpc) is 3.07. The molecule has 0 radical (unpaired) electrons. The fraction of sp³-hybridized carbons (Fsp3) is 0.342. The van der Waals surface area contributed by atoms with Gasteiger partial charge in [-0.1, -0.05) is 32.1 Å². The molecule has 262 valence electrons. The number of pyridine rings is 1. The number of ether oxygens (including phenoxy) is 2. The van der Waals surface area contributed by atoms with Crippen LogP contribution >= 0.6 is 0 Å². The Hall–Kier alpha value is -4.97. The molecule has 3 aromatic carbocycles. The third-order valence-electron chi connectivity index (χ3n) is 9.51. The zero-order valence-corrected chi connectivity index (χ0v) is 28.5. The number of nitrogens with zero attached hydrogens (tertiary/aromatic N) is 4. The molecule has 0 N–H and O–H groups in total. The van der Waals surface area contributed by atoms with E-state index in [9.17, 15) is 22.8 Å². The molecule has 0 unspecified atom stereocenters. The van der Waals surface area contributed by atoms with Gasteiger partial charge in [0, 0.05) is 60.6 Å². The molecular weight excluding hydrogens is 652 g/mol. The number of aromatic nitrogens is 1. The molecule has 1 saturated heterocycles. The molecule has 1 aromatic heterocycles. The molecule has 0 bridgehead atoms. The second-order valence-electron chi connectivity index (χ2n) is 13.3. The fourth-order valence-electron chi connectivity index (χ4n) is 6.95. The van der Waals surface area contributed by atoms with E-state index in [0.29, 0.717) is 59.0 Å². The van der Waals surface area contributed by atoms with Gasteiger partial charge in [-0.25, -0.2) is 9.18 Å². The number of rotatable bonds is 8. The summed E-state index contributed by atoms with van der Waals surface area (Å²) in [6, 6.07) is 13.3. The number of benzene rings is 3. The number of halogens is 4. The van der Waals surface area contributed by atoms with Crippen molar-refractivity contribution in [1.82, 2.24) is 14.8 Å². The molecule has 8 nitrogen and oxygen atoms in total. The standard InChI is InChI=1S/C38H38F4N4O4/c1-23-31(45-17-15-33(47)46(36(45)48)21-25-8-11-27(49-4)18-32(25)50-5)19-43-30-13-12-28(35(39)34(23)30)29-14-16-44(22-37(29,2)3)20-24-6-9-26(10-7-24)38(40,41)42/h6-14,18-19H,15-17,20-22H2,1-5H3. The van der Waals surface area contributed by atoms with Crippen LogP contribution in [0.4, 0.5) is 28.0 Å². The number of hydrogen-bond donors (Lipinski definition) is 0. The quantitative estimate of drug-likeness (QED) is 0.175. The van der Waals surface area contributed by atoms with Crippen molar-refractivity contribution in [3.8, 4) is 11.5 Å². The largest absolute Gasteiger partial charge is 0.497 e. The lowest BCUT2D eigenvalue weighted by Gasteiger charge is -2.39. The highest BCUT2D eigenvalue weighted by molar-refractivity contribution is 6.07. The molecule has 0 saturated carbocycles. The van der Waals surface area contributed by atoms with Gasteiger partial charge in [0.05, 0.1) is 43.7 Å². The van der Waals surface area contributed by atoms with Crippen molar-refractivity contribution in [1.29, 1.82) is 0 Å². The van der Waals surface area contributed by atoms with E-state index in [0.717, 1.165) is 28.2 Å². The minimum Gasteiger partial charge on any atom is -0.497 e. The minimum atomic E-state index is -4.39. The van der Waals surface area contributed by atoms with Crippen molar-refractivity contribution in [2.24, 2.45) is 5.41 Å². The van der Waals surface area contributed by atoms with Gasteiger partial charge in [0.15, 0.2) is 0 Å². The lowest BCUT2D eigenvalue weighted by Crippen LogP contribution is -2.52. The van der Waals surface area contributed by atoms with Crippen LogP contribution in [0.15, 0.2) is 66.9 Å². The number of alkyl halides is 3. The van der Waals surface area contributed by atoms with E-state index < -0.39 is 29.0 Å². The molecule has 1 fully saturated rings. The van der Waals surface area contributed by atoms with Crippen LogP contribution in [0, 0.1) is 18.2 Å². The second-order valence-corrected chi connectivity index (χ2v) is 13.3. The number of aryl methyl sites for hydroxylation is 1. The summed E-state index contributed by atoms with van der Waals surface area (Å²) in [7, 11) is 3.04. The van der Waals surface area contributed by atoms with Crippen LogP contribution in [0.1, 0.15) is 48.1 Å². The maximum atomic E-state index is 16.7. The summed E-state index contributed by atoms with van der Waals surface area (Å²) in [6.07, 6.45) is -0.805. The van der Waals surface area contributed by atoms with Crippen molar-refractivity contribution in [3.63, 3.8) is 0 Å². The van der Waals surface area contributed by atoms with Crippen molar-refractivity contribution in [3.05, 3.63) is 101 Å². The van der Waals surface area contributed by atoms with E-state index in [-0.39, 0.29) is 30.8 Å². The monoisotopic (exact) mass is 690 g/mol. The Kier molecular flexibility index (Phi) is 9.34. The molecule has 3 heterocycles. The van der Waals surface area contributed by atoms with E-state index >= 15 is 4.39 Å². The number of fused-ring (bicyclic) bond motifs is 1. The summed E-state index contributed by atoms with van der Waals surface area (Å²) in [5.74, 6) is 0.265. The van der Waals surface area contributed by atoms with Crippen LogP contribution in [0.25, 0.3) is 16.5 Å². The molecule has 50 heavy (non-hydrogen) atoms. The Bertz CT molecular complexity index is 1990. The first-order valence-electron chi connectivity index (χ1n) is 16.2. The number of amides is 3. The minimum absolute atomic E-state index is 0.0149. The first kappa shape index (κ1) is 34.9. The number of imide groups is 1. The van der Waals surface area contributed by atoms with Gasteiger partial charge in [0.2, 0.25) is 5.91 Å². The Labute approximate surface area is 287 Å². The number of anilines is 1. The van der Waals surface area contributed by atoms with Crippen LogP contribution in [-0.4, -0.2) is 60.6 Å². The van der Waals surface area contributed by atoms with E-state index in [2.05, 4.69) is 9.88 Å². The number of hydrogen-bond acceptors (Lipinski definition) is 6. The molecule has 2 aliphatic rings. The van der Waals surface area contributed by atoms with Gasteiger partial charge in [-0.15, -0.1) is 0 Å². The topological polar surface area (TPSA) is 75.2 Å². The number of methoxy groups -OCH3 is 2. The lowest BCUT2D eigenvalue weighted by molar-refractivity contribution is -0.137. The van der Waals surface area contributed by atoms with Crippen LogP contribution < -0.4 is 14.4 Å². The zero-order chi connectivity index (χ0) is 36.0. The normalized spacial score (nSPS) is 16.9. The van der Waals surface area contributed by atoms with Crippen LogP contribution in [0.5, 0.6) is 11.5 Å². The maximum Gasteiger partial charge on any atom is 0.416 e. The fourth-order valence-corrected chi connectivity index (χ4v) is 6.95. The first-order chi connectivity index (χ1) is 23.7. The summed E-state index contributed by atoms with van der Waals surface area (Å²) < 4.78 is 66.5. The average molecular weight is 691 g/mol. The molecule has 2 aliphatic heterocycles. The molecule has 3 amide bonds.